The SMILES string of the molecule is CCNC(=NCc1cccc(C(F)(F)F)c1)NCc1ccc(C(N)=O)cc1.I. The molecular weight excluding hydrogens is 484 g/mol. The molecule has 28 heavy (non-hydrogen) atoms. The van der Waals surface area contributed by atoms with E-state index in [1.165, 1.54) is 6.07 Å². The van der Waals surface area contributed by atoms with Crippen LogP contribution < -0.4 is 16.4 Å². The average Bonchev–Trinajstić information content (AvgIpc) is 2.64. The first-order chi connectivity index (χ1) is 12.8. The molecule has 0 aliphatic carbocycles. The van der Waals surface area contributed by atoms with Gasteiger partial charge in [0.1, 0.15) is 0 Å². The number of nitrogens with two attached hydrogens (primary N) is 1. The maximum Gasteiger partial charge on any atom is 0.416 e. The fourth-order valence-corrected chi connectivity index (χ4v) is 2.33. The minimum Gasteiger partial charge on any atom is -0.366 e. The summed E-state index contributed by atoms with van der Waals surface area (Å²) in [6, 6.07) is 11.9. The number of aliphatic imine (C=N–C) groups is 1. The molecule has 0 bridgehead atoms. The molecule has 0 radical (unpaired) electrons. The maximum atomic E-state index is 12.8. The lowest BCUT2D eigenvalue weighted by Crippen LogP contribution is -2.36. The molecule has 0 heterocycles. The quantitative estimate of drug-likeness (QED) is 0.318. The average molecular weight is 506 g/mol. The van der Waals surface area contributed by atoms with Crippen LogP contribution in [0, 0.1) is 0 Å². The summed E-state index contributed by atoms with van der Waals surface area (Å²) in [5, 5.41) is 6.14. The van der Waals surface area contributed by atoms with E-state index in [2.05, 4.69) is 15.6 Å². The van der Waals surface area contributed by atoms with E-state index >= 15 is 0 Å². The molecule has 1 amide bonds. The molecule has 0 saturated carbocycles. The number of hydrogen-bond acceptors (Lipinski definition) is 2. The molecule has 5 nitrogen and oxygen atoms in total. The fraction of sp³-hybridized carbons (Fsp3) is 0.263. The molecule has 4 N–H and O–H groups in total. The minimum atomic E-state index is -4.38. The molecule has 0 atom stereocenters. The predicted molar refractivity (Wildman–Crippen MR) is 113 cm³/mol. The summed E-state index contributed by atoms with van der Waals surface area (Å²) in [6.45, 7) is 3.05. The van der Waals surface area contributed by atoms with Gasteiger partial charge in [0.25, 0.3) is 0 Å². The molecular formula is C19H22F3IN4O. The monoisotopic (exact) mass is 506 g/mol. The van der Waals surface area contributed by atoms with E-state index in [-0.39, 0.29) is 30.5 Å². The Morgan fingerprint density at radius 3 is 2.32 bits per heavy atom. The molecule has 152 valence electrons. The summed E-state index contributed by atoms with van der Waals surface area (Å²) in [5.41, 5.74) is 6.30. The highest BCUT2D eigenvalue weighted by atomic mass is 127. The number of benzene rings is 2. The summed E-state index contributed by atoms with van der Waals surface area (Å²) in [5.74, 6) is -0.0145. The van der Waals surface area contributed by atoms with Gasteiger partial charge in [0, 0.05) is 18.7 Å². The highest BCUT2D eigenvalue weighted by molar-refractivity contribution is 14.0. The van der Waals surface area contributed by atoms with Crippen molar-refractivity contribution >= 4 is 35.8 Å². The highest BCUT2D eigenvalue weighted by Crippen LogP contribution is 2.29. The molecule has 2 rings (SSSR count). The Hall–Kier alpha value is -2.30. The van der Waals surface area contributed by atoms with Crippen molar-refractivity contribution in [2.24, 2.45) is 10.7 Å². The molecule has 0 unspecified atom stereocenters. The summed E-state index contributed by atoms with van der Waals surface area (Å²) in [6.07, 6.45) is -4.38. The number of hydrogen-bond donors (Lipinski definition) is 3. The van der Waals surface area contributed by atoms with Crippen LogP contribution in [0.1, 0.15) is 34.0 Å². The van der Waals surface area contributed by atoms with Crippen LogP contribution in [-0.4, -0.2) is 18.4 Å². The van der Waals surface area contributed by atoms with Crippen LogP contribution in [-0.2, 0) is 19.3 Å². The third-order valence-electron chi connectivity index (χ3n) is 3.72. The largest absolute Gasteiger partial charge is 0.416 e. The first-order valence-electron chi connectivity index (χ1n) is 8.36. The number of rotatable bonds is 6. The Morgan fingerprint density at radius 2 is 1.75 bits per heavy atom. The number of amides is 1. The first kappa shape index (κ1) is 23.7. The van der Waals surface area contributed by atoms with Gasteiger partial charge in [-0.25, -0.2) is 4.99 Å². The van der Waals surface area contributed by atoms with Crippen molar-refractivity contribution in [2.75, 3.05) is 6.54 Å². The third kappa shape index (κ3) is 7.37. The minimum absolute atomic E-state index is 0. The molecule has 0 saturated heterocycles. The van der Waals surface area contributed by atoms with Crippen LogP contribution in [0.2, 0.25) is 0 Å². The predicted octanol–water partition coefficient (Wildman–Crippen LogP) is 3.68. The second kappa shape index (κ2) is 10.9. The zero-order valence-corrected chi connectivity index (χ0v) is 17.5. The smallest absolute Gasteiger partial charge is 0.366 e. The number of nitrogens with one attached hydrogen (secondary N) is 2. The number of halogens is 4. The van der Waals surface area contributed by atoms with Crippen LogP contribution in [0.15, 0.2) is 53.5 Å². The maximum absolute atomic E-state index is 12.8. The number of carbonyl (C=O) groups excluding carboxylic acids is 1. The van der Waals surface area contributed by atoms with Gasteiger partial charge >= 0.3 is 6.18 Å². The summed E-state index contributed by atoms with van der Waals surface area (Å²) >= 11 is 0. The van der Waals surface area contributed by atoms with Crippen molar-refractivity contribution in [1.29, 1.82) is 0 Å². The zero-order chi connectivity index (χ0) is 19.9. The molecule has 0 fully saturated rings. The van der Waals surface area contributed by atoms with Crippen LogP contribution in [0.4, 0.5) is 13.2 Å². The van der Waals surface area contributed by atoms with Gasteiger partial charge in [0.15, 0.2) is 5.96 Å². The Bertz CT molecular complexity index is 808. The number of guanidine groups is 1. The van der Waals surface area contributed by atoms with E-state index in [9.17, 15) is 18.0 Å². The number of nitrogens with zero attached hydrogens (tertiary/aromatic N) is 1. The normalized spacial score (nSPS) is 11.5. The van der Waals surface area contributed by atoms with Crippen molar-refractivity contribution in [3.8, 4) is 0 Å². The Morgan fingerprint density at radius 1 is 1.07 bits per heavy atom. The van der Waals surface area contributed by atoms with E-state index in [1.807, 2.05) is 6.92 Å². The van der Waals surface area contributed by atoms with Crippen molar-refractivity contribution < 1.29 is 18.0 Å². The van der Waals surface area contributed by atoms with Crippen molar-refractivity contribution in [1.82, 2.24) is 10.6 Å². The standard InChI is InChI=1S/C19H21F3N4O.HI/c1-2-24-18(25-11-13-6-8-15(9-7-13)17(23)27)26-12-14-4-3-5-16(10-14)19(20,21)22;/h3-10H,2,11-12H2,1H3,(H2,23,27)(H2,24,25,26);1H. The molecule has 9 heteroatoms. The summed E-state index contributed by atoms with van der Waals surface area (Å²) < 4.78 is 38.4. The molecule has 0 spiro atoms. The second-order valence-corrected chi connectivity index (χ2v) is 5.81. The van der Waals surface area contributed by atoms with E-state index in [1.54, 1.807) is 30.3 Å². The number of alkyl halides is 3. The van der Waals surface area contributed by atoms with Crippen molar-refractivity contribution in [3.63, 3.8) is 0 Å². The number of primary amides is 1. The lowest BCUT2D eigenvalue weighted by molar-refractivity contribution is -0.137. The van der Waals surface area contributed by atoms with Crippen molar-refractivity contribution in [2.45, 2.75) is 26.2 Å². The van der Waals surface area contributed by atoms with E-state index in [4.69, 9.17) is 5.73 Å². The van der Waals surface area contributed by atoms with E-state index < -0.39 is 17.6 Å². The Balaban J connectivity index is 0.00000392. The van der Waals surface area contributed by atoms with Gasteiger partial charge in [-0.05, 0) is 42.3 Å². The van der Waals surface area contributed by atoms with E-state index in [0.29, 0.717) is 30.2 Å². The molecule has 0 aliphatic rings. The lowest BCUT2D eigenvalue weighted by Gasteiger charge is -2.12. The van der Waals surface area contributed by atoms with Gasteiger partial charge in [-0.15, -0.1) is 24.0 Å². The van der Waals surface area contributed by atoms with Gasteiger partial charge in [0.05, 0.1) is 12.1 Å². The fourth-order valence-electron chi connectivity index (χ4n) is 2.33. The molecule has 2 aromatic carbocycles. The summed E-state index contributed by atoms with van der Waals surface area (Å²) in [7, 11) is 0. The second-order valence-electron chi connectivity index (χ2n) is 5.81. The van der Waals surface area contributed by atoms with Gasteiger partial charge in [0.2, 0.25) is 5.91 Å². The van der Waals surface area contributed by atoms with Gasteiger partial charge < -0.3 is 16.4 Å². The third-order valence-corrected chi connectivity index (χ3v) is 3.72. The van der Waals surface area contributed by atoms with E-state index in [0.717, 1.165) is 17.7 Å². The van der Waals surface area contributed by atoms with Gasteiger partial charge in [-0.2, -0.15) is 13.2 Å². The van der Waals surface area contributed by atoms with Crippen LogP contribution in [0.3, 0.4) is 0 Å². The zero-order valence-electron chi connectivity index (χ0n) is 15.2. The Kier molecular flexibility index (Phi) is 9.23. The molecule has 2 aromatic rings. The highest BCUT2D eigenvalue weighted by Gasteiger charge is 2.30. The van der Waals surface area contributed by atoms with Crippen molar-refractivity contribution in [3.05, 3.63) is 70.8 Å². The topological polar surface area (TPSA) is 79.5 Å². The lowest BCUT2D eigenvalue weighted by atomic mass is 10.1. The summed E-state index contributed by atoms with van der Waals surface area (Å²) in [4.78, 5) is 15.4. The Labute approximate surface area is 178 Å². The molecule has 0 aromatic heterocycles. The van der Waals surface area contributed by atoms with Crippen LogP contribution >= 0.6 is 24.0 Å². The van der Waals surface area contributed by atoms with Gasteiger partial charge in [-0.1, -0.05) is 24.3 Å². The molecule has 0 aliphatic heterocycles. The first-order valence-corrected chi connectivity index (χ1v) is 8.36. The van der Waals surface area contributed by atoms with Crippen LogP contribution in [0.5, 0.6) is 0 Å². The van der Waals surface area contributed by atoms with Gasteiger partial charge in [-0.3, -0.25) is 4.79 Å². The van der Waals surface area contributed by atoms with Crippen LogP contribution in [0.25, 0.3) is 0 Å². The number of carbonyl (C=O) groups is 1.